The smallest absolute Gasteiger partial charge is 0.397 e. The van der Waals surface area contributed by atoms with Gasteiger partial charge in [-0.2, -0.15) is 0 Å². The molecule has 1 aromatic carbocycles. The monoisotopic (exact) mass is 341 g/mol. The van der Waals surface area contributed by atoms with E-state index in [1.807, 2.05) is 0 Å². The van der Waals surface area contributed by atoms with Gasteiger partial charge in [-0.15, -0.1) is 0 Å². The van der Waals surface area contributed by atoms with E-state index in [-0.39, 0.29) is 12.4 Å². The van der Waals surface area contributed by atoms with Crippen LogP contribution in [0.3, 0.4) is 0 Å². The van der Waals surface area contributed by atoms with Crippen molar-refractivity contribution >= 4 is 39.3 Å². The molecule has 1 unspecified atom stereocenters. The second-order valence-electron chi connectivity index (χ2n) is 4.16. The number of hydrogen-bond acceptors (Lipinski definition) is 4. The molecule has 1 atom stereocenters. The maximum Gasteiger partial charge on any atom is 0.397 e. The van der Waals surface area contributed by atoms with Crippen molar-refractivity contribution in [2.45, 2.75) is 26.8 Å². The van der Waals surface area contributed by atoms with Crippen LogP contribution in [0.4, 0.5) is 5.69 Å². The number of nitrogens with zero attached hydrogens (tertiary/aromatic N) is 1. The van der Waals surface area contributed by atoms with Crippen LogP contribution in [-0.2, 0) is 19.1 Å². The van der Waals surface area contributed by atoms with Gasteiger partial charge in [-0.25, -0.2) is 4.79 Å². The molecule has 0 aliphatic carbocycles. The molecule has 0 aliphatic heterocycles. The molecule has 1 rings (SSSR count). The number of rotatable bonds is 4. The molecule has 6 heteroatoms. The van der Waals surface area contributed by atoms with E-state index in [1.54, 1.807) is 38.1 Å². The van der Waals surface area contributed by atoms with Gasteiger partial charge in [0.2, 0.25) is 0 Å². The summed E-state index contributed by atoms with van der Waals surface area (Å²) in [6.45, 7) is 4.66. The molecule has 0 radical (unpaired) electrons. The van der Waals surface area contributed by atoms with Gasteiger partial charge in [-0.1, -0.05) is 22.0 Å². The molecule has 0 aromatic heterocycles. The van der Waals surface area contributed by atoms with E-state index in [4.69, 9.17) is 4.74 Å². The zero-order valence-corrected chi connectivity index (χ0v) is 13.1. The topological polar surface area (TPSA) is 63.7 Å². The quantitative estimate of drug-likeness (QED) is 0.622. The number of Topliss-reactive ketones (excluding diaryl/α,β-unsaturated/α-hetero) is 1. The van der Waals surface area contributed by atoms with Crippen LogP contribution in [0.2, 0.25) is 0 Å². The van der Waals surface area contributed by atoms with Crippen molar-refractivity contribution in [2.75, 3.05) is 11.5 Å². The Morgan fingerprint density at radius 3 is 2.50 bits per heavy atom. The fourth-order valence-electron chi connectivity index (χ4n) is 1.62. The van der Waals surface area contributed by atoms with Gasteiger partial charge >= 0.3 is 11.9 Å². The Morgan fingerprint density at radius 1 is 1.35 bits per heavy atom. The minimum absolute atomic E-state index is 0.103. The Morgan fingerprint density at radius 2 is 2.00 bits per heavy atom. The number of carbonyl (C=O) groups excluding carboxylic acids is 3. The van der Waals surface area contributed by atoms with Crippen LogP contribution >= 0.6 is 15.9 Å². The van der Waals surface area contributed by atoms with E-state index in [0.29, 0.717) is 5.69 Å². The fraction of sp³-hybridized carbons (Fsp3) is 0.357. The number of ketones is 1. The summed E-state index contributed by atoms with van der Waals surface area (Å²) in [5.41, 5.74) is 0.458. The summed E-state index contributed by atoms with van der Waals surface area (Å²) in [5, 5.41) is 0. The van der Waals surface area contributed by atoms with Gasteiger partial charge in [0.1, 0.15) is 0 Å². The zero-order valence-electron chi connectivity index (χ0n) is 11.6. The molecule has 0 fully saturated rings. The molecule has 0 N–H and O–H groups in total. The van der Waals surface area contributed by atoms with Gasteiger partial charge in [-0.05, 0) is 39.0 Å². The normalized spacial score (nSPS) is 11.6. The van der Waals surface area contributed by atoms with Crippen LogP contribution in [0.1, 0.15) is 20.8 Å². The molecule has 0 saturated carbocycles. The Bertz CT molecular complexity index is 530. The summed E-state index contributed by atoms with van der Waals surface area (Å²) < 4.78 is 5.46. The van der Waals surface area contributed by atoms with Crippen LogP contribution in [0, 0.1) is 0 Å². The highest BCUT2D eigenvalue weighted by molar-refractivity contribution is 9.10. The lowest BCUT2D eigenvalue weighted by Crippen LogP contribution is -2.46. The predicted octanol–water partition coefficient (Wildman–Crippen LogP) is 2.32. The Labute approximate surface area is 126 Å². The largest absolute Gasteiger partial charge is 0.459 e. The molecule has 0 aliphatic rings. The van der Waals surface area contributed by atoms with E-state index < -0.39 is 17.9 Å². The average Bonchev–Trinajstić information content (AvgIpc) is 2.39. The standard InChI is InChI=1S/C14H16BrNO4/c1-4-20-14(19)13(18)16(9(2)10(3)17)12-7-5-6-11(15)8-12/h5-9H,4H2,1-3H3. The maximum absolute atomic E-state index is 12.2. The van der Waals surface area contributed by atoms with E-state index in [1.165, 1.54) is 6.92 Å². The number of hydrogen-bond donors (Lipinski definition) is 0. The minimum Gasteiger partial charge on any atom is -0.459 e. The second kappa shape index (κ2) is 7.19. The van der Waals surface area contributed by atoms with Crippen molar-refractivity contribution < 1.29 is 19.1 Å². The molecule has 1 amide bonds. The minimum atomic E-state index is -0.972. The molecule has 108 valence electrons. The predicted molar refractivity (Wildman–Crippen MR) is 78.4 cm³/mol. The van der Waals surface area contributed by atoms with Crippen molar-refractivity contribution in [2.24, 2.45) is 0 Å². The van der Waals surface area contributed by atoms with Crippen LogP contribution < -0.4 is 4.90 Å². The van der Waals surface area contributed by atoms with E-state index in [9.17, 15) is 14.4 Å². The van der Waals surface area contributed by atoms with E-state index >= 15 is 0 Å². The first kappa shape index (κ1) is 16.4. The summed E-state index contributed by atoms with van der Waals surface area (Å²) in [4.78, 5) is 36.5. The van der Waals surface area contributed by atoms with Crippen molar-refractivity contribution in [3.05, 3.63) is 28.7 Å². The van der Waals surface area contributed by atoms with Gasteiger partial charge < -0.3 is 4.74 Å². The Hall–Kier alpha value is -1.69. The molecule has 0 spiro atoms. The summed E-state index contributed by atoms with van der Waals surface area (Å²) in [7, 11) is 0. The van der Waals surface area contributed by atoms with E-state index in [2.05, 4.69) is 15.9 Å². The third-order valence-corrected chi connectivity index (χ3v) is 3.22. The lowest BCUT2D eigenvalue weighted by atomic mass is 10.1. The van der Waals surface area contributed by atoms with E-state index in [0.717, 1.165) is 9.37 Å². The first-order valence-electron chi connectivity index (χ1n) is 6.14. The average molecular weight is 342 g/mol. The highest BCUT2D eigenvalue weighted by Gasteiger charge is 2.30. The van der Waals surface area contributed by atoms with Crippen molar-refractivity contribution in [1.29, 1.82) is 0 Å². The molecule has 20 heavy (non-hydrogen) atoms. The second-order valence-corrected chi connectivity index (χ2v) is 5.08. The summed E-state index contributed by atoms with van der Waals surface area (Å²) >= 11 is 3.29. The number of amides is 1. The third kappa shape index (κ3) is 3.90. The highest BCUT2D eigenvalue weighted by atomic mass is 79.9. The van der Waals surface area contributed by atoms with Crippen molar-refractivity contribution in [3.8, 4) is 0 Å². The summed E-state index contributed by atoms with van der Waals surface area (Å²) in [6, 6.07) is 6.08. The number of benzene rings is 1. The number of anilines is 1. The van der Waals surface area contributed by atoms with Gasteiger partial charge in [-0.3, -0.25) is 14.5 Å². The van der Waals surface area contributed by atoms with Crippen LogP contribution in [-0.4, -0.2) is 30.3 Å². The number of ether oxygens (including phenoxy) is 1. The molecular weight excluding hydrogens is 326 g/mol. The first-order valence-corrected chi connectivity index (χ1v) is 6.94. The molecule has 0 saturated heterocycles. The maximum atomic E-state index is 12.2. The molecule has 1 aromatic rings. The molecule has 5 nitrogen and oxygen atoms in total. The van der Waals surface area contributed by atoms with Crippen LogP contribution in [0.15, 0.2) is 28.7 Å². The molecule has 0 heterocycles. The highest BCUT2D eigenvalue weighted by Crippen LogP contribution is 2.22. The zero-order chi connectivity index (χ0) is 15.3. The summed E-state index contributed by atoms with van der Waals surface area (Å²) in [5.74, 6) is -2.05. The third-order valence-electron chi connectivity index (χ3n) is 2.73. The number of carbonyl (C=O) groups is 3. The Kier molecular flexibility index (Phi) is 5.88. The molecular formula is C14H16BrNO4. The van der Waals surface area contributed by atoms with Gasteiger partial charge in [0, 0.05) is 10.2 Å². The molecule has 0 bridgehead atoms. The van der Waals surface area contributed by atoms with Gasteiger partial charge in [0.15, 0.2) is 5.78 Å². The van der Waals surface area contributed by atoms with Gasteiger partial charge in [0.25, 0.3) is 0 Å². The SMILES string of the molecule is CCOC(=O)C(=O)N(c1cccc(Br)c1)C(C)C(C)=O. The lowest BCUT2D eigenvalue weighted by Gasteiger charge is -2.26. The van der Waals surface area contributed by atoms with Crippen molar-refractivity contribution in [3.63, 3.8) is 0 Å². The lowest BCUT2D eigenvalue weighted by molar-refractivity contribution is -0.153. The number of halogens is 1. The van der Waals surface area contributed by atoms with Crippen LogP contribution in [0.25, 0.3) is 0 Å². The first-order chi connectivity index (χ1) is 9.38. The summed E-state index contributed by atoms with van der Waals surface area (Å²) in [6.07, 6.45) is 0. The van der Waals surface area contributed by atoms with Crippen LogP contribution in [0.5, 0.6) is 0 Å². The number of esters is 1. The fourth-order valence-corrected chi connectivity index (χ4v) is 2.00. The van der Waals surface area contributed by atoms with Crippen molar-refractivity contribution in [1.82, 2.24) is 0 Å². The Balaban J connectivity index is 3.18. The van der Waals surface area contributed by atoms with Gasteiger partial charge in [0.05, 0.1) is 12.6 Å².